The molecule has 0 saturated heterocycles. The van der Waals surface area contributed by atoms with E-state index < -0.39 is 0 Å². The number of benzene rings is 1. The summed E-state index contributed by atoms with van der Waals surface area (Å²) in [4.78, 5) is 7.82. The summed E-state index contributed by atoms with van der Waals surface area (Å²) in [5, 5.41) is 0.820. The van der Waals surface area contributed by atoms with Crippen LogP contribution < -0.4 is 5.54 Å². The van der Waals surface area contributed by atoms with Crippen molar-refractivity contribution >= 4 is 16.6 Å². The van der Waals surface area contributed by atoms with Crippen LogP contribution in [-0.2, 0) is 0 Å². The Kier molecular flexibility index (Phi) is 1.59. The number of nitrogens with zero attached hydrogens (tertiary/aromatic N) is 2. The number of fused-ring (bicyclic) bond motifs is 1. The van der Waals surface area contributed by atoms with Gasteiger partial charge in [0, 0.05) is 11.6 Å². The van der Waals surface area contributed by atoms with Crippen molar-refractivity contribution in [1.82, 2.24) is 9.97 Å². The number of nitrogens with one attached hydrogen (secondary N) is 1. The van der Waals surface area contributed by atoms with Crippen LogP contribution in [0.25, 0.3) is 10.9 Å². The molecular formula is C8H6FN3. The van der Waals surface area contributed by atoms with Gasteiger partial charge in [-0.2, -0.15) is 0 Å². The number of aromatic nitrogens is 2. The summed E-state index contributed by atoms with van der Waals surface area (Å²) < 4.78 is 12.0. The molecule has 0 aliphatic rings. The third kappa shape index (κ3) is 1.07. The Morgan fingerprint density at radius 3 is 3.08 bits per heavy atom. The smallest absolute Gasteiger partial charge is 0.116 e. The maximum Gasteiger partial charge on any atom is 0.116 e. The molecule has 0 fully saturated rings. The van der Waals surface area contributed by atoms with Gasteiger partial charge in [0.1, 0.15) is 6.33 Å². The normalized spacial score (nSPS) is 10.1. The first-order valence-corrected chi connectivity index (χ1v) is 3.46. The molecule has 0 amide bonds. The average Bonchev–Trinajstić information content (AvgIpc) is 2.17. The molecule has 0 bridgehead atoms. The molecule has 2 rings (SSSR count). The van der Waals surface area contributed by atoms with Crippen LogP contribution in [0.3, 0.4) is 0 Å². The van der Waals surface area contributed by atoms with Crippen LogP contribution in [0, 0.1) is 0 Å². The lowest BCUT2D eigenvalue weighted by atomic mass is 10.2. The second-order valence-electron chi connectivity index (χ2n) is 2.39. The van der Waals surface area contributed by atoms with Crippen LogP contribution in [0.4, 0.5) is 10.2 Å². The summed E-state index contributed by atoms with van der Waals surface area (Å²) in [6.45, 7) is 0. The van der Waals surface area contributed by atoms with Crippen molar-refractivity contribution < 1.29 is 4.48 Å². The van der Waals surface area contributed by atoms with E-state index in [9.17, 15) is 4.48 Å². The zero-order chi connectivity index (χ0) is 8.39. The first-order chi connectivity index (χ1) is 5.90. The Morgan fingerprint density at radius 2 is 2.25 bits per heavy atom. The fourth-order valence-corrected chi connectivity index (χ4v) is 1.04. The van der Waals surface area contributed by atoms with Gasteiger partial charge in [-0.05, 0) is 18.2 Å². The molecule has 3 nitrogen and oxygen atoms in total. The summed E-state index contributed by atoms with van der Waals surface area (Å²) in [6, 6.07) is 5.00. The number of hydrogen-bond acceptors (Lipinski definition) is 3. The summed E-state index contributed by atoms with van der Waals surface area (Å²) >= 11 is 0. The van der Waals surface area contributed by atoms with Gasteiger partial charge in [-0.3, -0.25) is 0 Å². The quantitative estimate of drug-likeness (QED) is 0.652. The molecule has 2 aromatic rings. The van der Waals surface area contributed by atoms with E-state index in [1.54, 1.807) is 29.9 Å². The Hall–Kier alpha value is -1.71. The SMILES string of the molecule is FNc1ccc2ncncc2c1. The van der Waals surface area contributed by atoms with Crippen LogP contribution in [0.1, 0.15) is 0 Å². The topological polar surface area (TPSA) is 37.8 Å². The van der Waals surface area contributed by atoms with E-state index >= 15 is 0 Å². The maximum atomic E-state index is 12.0. The van der Waals surface area contributed by atoms with Crippen LogP contribution >= 0.6 is 0 Å². The minimum atomic E-state index is 0.414. The van der Waals surface area contributed by atoms with Gasteiger partial charge >= 0.3 is 0 Å². The van der Waals surface area contributed by atoms with Crippen molar-refractivity contribution in [2.24, 2.45) is 0 Å². The molecule has 0 aliphatic carbocycles. The standard InChI is InChI=1S/C8H6FN3/c9-12-7-1-2-8-6(3-7)4-10-5-11-8/h1-5,12H. The predicted molar refractivity (Wildman–Crippen MR) is 44.3 cm³/mol. The van der Waals surface area contributed by atoms with Gasteiger partial charge in [-0.1, -0.05) is 0 Å². The van der Waals surface area contributed by atoms with Crippen molar-refractivity contribution in [2.75, 3.05) is 5.54 Å². The van der Waals surface area contributed by atoms with Crippen molar-refractivity contribution in [1.29, 1.82) is 0 Å². The maximum absolute atomic E-state index is 12.0. The minimum Gasteiger partial charge on any atom is -0.244 e. The molecule has 1 aromatic heterocycles. The molecular weight excluding hydrogens is 157 g/mol. The van der Waals surface area contributed by atoms with E-state index in [1.807, 2.05) is 0 Å². The van der Waals surface area contributed by atoms with Gasteiger partial charge in [0.25, 0.3) is 0 Å². The Morgan fingerprint density at radius 1 is 1.33 bits per heavy atom. The summed E-state index contributed by atoms with van der Waals surface area (Å²) in [6.07, 6.45) is 3.11. The molecule has 0 saturated carbocycles. The van der Waals surface area contributed by atoms with Crippen LogP contribution in [0.2, 0.25) is 0 Å². The van der Waals surface area contributed by atoms with Gasteiger partial charge in [0.05, 0.1) is 11.2 Å². The molecule has 0 unspecified atom stereocenters. The fourth-order valence-electron chi connectivity index (χ4n) is 1.04. The number of anilines is 1. The summed E-state index contributed by atoms with van der Waals surface area (Å²) in [5.74, 6) is 0. The molecule has 0 aliphatic heterocycles. The third-order valence-corrected chi connectivity index (χ3v) is 1.61. The van der Waals surface area contributed by atoms with Gasteiger partial charge < -0.3 is 0 Å². The van der Waals surface area contributed by atoms with Crippen LogP contribution in [0.15, 0.2) is 30.7 Å². The highest BCUT2D eigenvalue weighted by atomic mass is 19.2. The Labute approximate surface area is 68.2 Å². The predicted octanol–water partition coefficient (Wildman–Crippen LogP) is 1.93. The van der Waals surface area contributed by atoms with Crippen LogP contribution in [-0.4, -0.2) is 9.97 Å². The summed E-state index contributed by atoms with van der Waals surface area (Å²) in [7, 11) is 0. The zero-order valence-corrected chi connectivity index (χ0v) is 6.16. The zero-order valence-electron chi connectivity index (χ0n) is 6.16. The molecule has 60 valence electrons. The highest BCUT2D eigenvalue weighted by Gasteiger charge is 1.95. The van der Waals surface area contributed by atoms with Gasteiger partial charge in [-0.15, -0.1) is 4.48 Å². The first kappa shape index (κ1) is 6.97. The van der Waals surface area contributed by atoms with Crippen molar-refractivity contribution in [3.63, 3.8) is 0 Å². The molecule has 12 heavy (non-hydrogen) atoms. The summed E-state index contributed by atoms with van der Waals surface area (Å²) in [5.41, 5.74) is 2.79. The second kappa shape index (κ2) is 2.73. The molecule has 0 spiro atoms. The second-order valence-corrected chi connectivity index (χ2v) is 2.39. The third-order valence-electron chi connectivity index (χ3n) is 1.61. The fraction of sp³-hybridized carbons (Fsp3) is 0. The van der Waals surface area contributed by atoms with E-state index in [4.69, 9.17) is 0 Å². The number of halogens is 1. The molecule has 4 heteroatoms. The molecule has 0 radical (unpaired) electrons. The van der Waals surface area contributed by atoms with Crippen molar-refractivity contribution in [3.8, 4) is 0 Å². The van der Waals surface area contributed by atoms with Crippen LogP contribution in [0.5, 0.6) is 0 Å². The van der Waals surface area contributed by atoms with E-state index in [0.29, 0.717) is 5.69 Å². The molecule has 0 atom stereocenters. The molecule has 1 aromatic carbocycles. The highest BCUT2D eigenvalue weighted by molar-refractivity contribution is 5.81. The van der Waals surface area contributed by atoms with E-state index in [2.05, 4.69) is 9.97 Å². The van der Waals surface area contributed by atoms with E-state index in [1.165, 1.54) is 6.33 Å². The van der Waals surface area contributed by atoms with Gasteiger partial charge in [-0.25, -0.2) is 15.5 Å². The average molecular weight is 163 g/mol. The lowest BCUT2D eigenvalue weighted by Gasteiger charge is -1.97. The lowest BCUT2D eigenvalue weighted by Crippen LogP contribution is -1.84. The number of rotatable bonds is 1. The molecule has 1 heterocycles. The highest BCUT2D eigenvalue weighted by Crippen LogP contribution is 2.15. The van der Waals surface area contributed by atoms with E-state index in [0.717, 1.165) is 10.9 Å². The number of hydrogen-bond donors (Lipinski definition) is 1. The Balaban J connectivity index is 2.67. The first-order valence-electron chi connectivity index (χ1n) is 3.46. The largest absolute Gasteiger partial charge is 0.244 e. The van der Waals surface area contributed by atoms with E-state index in [-0.39, 0.29) is 0 Å². The van der Waals surface area contributed by atoms with Gasteiger partial charge in [0.2, 0.25) is 0 Å². The molecule has 1 N–H and O–H groups in total. The lowest BCUT2D eigenvalue weighted by molar-refractivity contribution is 0.618. The van der Waals surface area contributed by atoms with Gasteiger partial charge in [0.15, 0.2) is 0 Å². The van der Waals surface area contributed by atoms with Crippen molar-refractivity contribution in [2.45, 2.75) is 0 Å². The monoisotopic (exact) mass is 163 g/mol. The minimum absolute atomic E-state index is 0.414. The van der Waals surface area contributed by atoms with Crippen molar-refractivity contribution in [3.05, 3.63) is 30.7 Å². The Bertz CT molecular complexity index is 402.